The quantitative estimate of drug-likeness (QED) is 0.183. The minimum Gasteiger partial charge on any atom is -0.355 e. The summed E-state index contributed by atoms with van der Waals surface area (Å²) in [5, 5.41) is 0. The van der Waals surface area contributed by atoms with Crippen LogP contribution in [0.25, 0.3) is 79.2 Å². The van der Waals surface area contributed by atoms with Crippen molar-refractivity contribution in [1.82, 2.24) is 19.9 Å². The monoisotopic (exact) mass is 672 g/mol. The first-order chi connectivity index (χ1) is 23.8. The molecule has 9 rings (SSSR count). The van der Waals surface area contributed by atoms with Crippen LogP contribution >= 0.6 is 0 Å². The zero-order valence-corrected chi connectivity index (χ0v) is 27.4. The Hall–Kier alpha value is -6.03. The number of nitrogens with zero attached hydrogens (tertiary/aromatic N) is 2. The fraction of sp³-hybridized carbons (Fsp3) is 0. The predicted molar refractivity (Wildman–Crippen MR) is 200 cm³/mol. The average molecular weight is 673 g/mol. The predicted octanol–water partition coefficient (Wildman–Crippen LogP) is 11.1. The van der Waals surface area contributed by atoms with Crippen LogP contribution in [0, 0.1) is 0 Å². The van der Waals surface area contributed by atoms with Gasteiger partial charge < -0.3 is 9.97 Å². The molecule has 5 heterocycles. The van der Waals surface area contributed by atoms with Crippen molar-refractivity contribution in [3.8, 4) is 33.4 Å². The molecule has 0 saturated heterocycles. The van der Waals surface area contributed by atoms with Crippen LogP contribution in [0.3, 0.4) is 0 Å². The molecule has 0 aliphatic carbocycles. The molecule has 3 aromatic heterocycles. The van der Waals surface area contributed by atoms with Gasteiger partial charge in [0.15, 0.2) is 0 Å². The molecule has 0 amide bonds. The molecule has 8 bridgehead atoms. The van der Waals surface area contributed by atoms with Crippen LogP contribution in [0.15, 0.2) is 152 Å². The summed E-state index contributed by atoms with van der Waals surface area (Å²) >= 11 is 0. The van der Waals surface area contributed by atoms with E-state index in [0.29, 0.717) is 0 Å². The van der Waals surface area contributed by atoms with Gasteiger partial charge in [-0.25, -0.2) is 9.97 Å². The maximum atomic E-state index is 5.42. The molecule has 0 radical (unpaired) electrons. The van der Waals surface area contributed by atoms with Crippen LogP contribution in [-0.2, 0) is 16.5 Å². The van der Waals surface area contributed by atoms with Crippen molar-refractivity contribution < 1.29 is 16.5 Å². The van der Waals surface area contributed by atoms with Crippen molar-refractivity contribution in [3.05, 3.63) is 180 Å². The fourth-order valence-electron chi connectivity index (χ4n) is 6.78. The zero-order valence-electron chi connectivity index (χ0n) is 26.4. The summed E-state index contributed by atoms with van der Waals surface area (Å²) in [7, 11) is 0. The number of H-pyrrole nitrogens is 2. The van der Waals surface area contributed by atoms with E-state index in [0.717, 1.165) is 89.4 Å². The molecule has 4 aromatic carbocycles. The second-order valence-electron chi connectivity index (χ2n) is 12.0. The Morgan fingerprint density at radius 2 is 0.898 bits per heavy atom. The van der Waals surface area contributed by atoms with E-state index in [9.17, 15) is 0 Å². The number of aromatic nitrogens is 4. The smallest absolute Gasteiger partial charge is 0.0815 e. The Labute approximate surface area is 294 Å². The number of aromatic amines is 2. The number of fused-ring (bicyclic) bond motifs is 8. The Bertz CT molecular complexity index is 2530. The Balaban J connectivity index is 0.00000348. The van der Waals surface area contributed by atoms with Crippen LogP contribution < -0.4 is 0 Å². The van der Waals surface area contributed by atoms with Crippen molar-refractivity contribution in [2.45, 2.75) is 0 Å². The minimum atomic E-state index is 0. The van der Waals surface area contributed by atoms with Crippen LogP contribution in [0.5, 0.6) is 0 Å². The van der Waals surface area contributed by atoms with E-state index < -0.39 is 0 Å². The summed E-state index contributed by atoms with van der Waals surface area (Å²) in [6.45, 7) is 0. The van der Waals surface area contributed by atoms with Gasteiger partial charge in [0, 0.05) is 55.3 Å². The number of nitrogens with one attached hydrogen (secondary N) is 2. The topological polar surface area (TPSA) is 57.4 Å². The van der Waals surface area contributed by atoms with Crippen molar-refractivity contribution >= 4 is 45.9 Å². The van der Waals surface area contributed by atoms with Crippen molar-refractivity contribution in [2.24, 2.45) is 0 Å². The van der Waals surface area contributed by atoms with Gasteiger partial charge in [0.05, 0.1) is 28.3 Å². The first-order valence-corrected chi connectivity index (χ1v) is 16.2. The SMILES string of the molecule is C1=Cc2cc3[nH]c(c(-c4ccccc4)c4nc(cc5ccc(cc1n2)[nH]5)C=C4c1ccccc1)c(-c1ccccc1)c3-c1ccccc1.[Ni]. The Morgan fingerprint density at radius 3 is 1.49 bits per heavy atom. The summed E-state index contributed by atoms with van der Waals surface area (Å²) in [5.74, 6) is 0. The summed E-state index contributed by atoms with van der Waals surface area (Å²) in [6.07, 6.45) is 6.35. The molecule has 7 aromatic rings. The van der Waals surface area contributed by atoms with Gasteiger partial charge in [0.25, 0.3) is 0 Å². The van der Waals surface area contributed by atoms with Crippen LogP contribution in [0.1, 0.15) is 28.3 Å². The van der Waals surface area contributed by atoms with Gasteiger partial charge in [-0.2, -0.15) is 0 Å². The number of rotatable bonds is 4. The average Bonchev–Trinajstić information content (AvgIpc) is 3.94. The van der Waals surface area contributed by atoms with Crippen LogP contribution in [0.2, 0.25) is 0 Å². The molecule has 0 spiro atoms. The maximum Gasteiger partial charge on any atom is 0.0815 e. The Kier molecular flexibility index (Phi) is 7.97. The summed E-state index contributed by atoms with van der Waals surface area (Å²) in [4.78, 5) is 17.9. The third-order valence-electron chi connectivity index (χ3n) is 8.89. The molecule has 5 heteroatoms. The van der Waals surface area contributed by atoms with E-state index in [4.69, 9.17) is 9.97 Å². The molecule has 4 nitrogen and oxygen atoms in total. The van der Waals surface area contributed by atoms with E-state index in [2.05, 4.69) is 180 Å². The molecule has 236 valence electrons. The molecule has 0 atom stereocenters. The van der Waals surface area contributed by atoms with E-state index in [1.165, 1.54) is 0 Å². The molecule has 0 unspecified atom stereocenters. The third-order valence-corrected chi connectivity index (χ3v) is 8.89. The maximum absolute atomic E-state index is 5.42. The second kappa shape index (κ2) is 12.9. The standard InChI is InChI=1S/C44H30N4.Ni/c1-5-13-29(14-6-1)38-27-37-26-35-22-21-33(45-35)25-34-23-24-36(46-34)28-39-40(30-15-7-2-8-16-30)41(31-17-9-3-10-18-31)44(48-39)42(43(38)47-37)32-19-11-4-12-20-32;/h1-28,45,48H;. The third kappa shape index (κ3) is 5.75. The number of hydrogen-bond donors (Lipinski definition) is 2. The van der Waals surface area contributed by atoms with Gasteiger partial charge in [-0.3, -0.25) is 0 Å². The molecule has 49 heavy (non-hydrogen) atoms. The largest absolute Gasteiger partial charge is 0.355 e. The Morgan fingerprint density at radius 1 is 0.408 bits per heavy atom. The first-order valence-electron chi connectivity index (χ1n) is 16.2. The van der Waals surface area contributed by atoms with E-state index in [1.807, 2.05) is 0 Å². The minimum absolute atomic E-state index is 0. The summed E-state index contributed by atoms with van der Waals surface area (Å²) in [6, 6.07) is 53.0. The van der Waals surface area contributed by atoms with E-state index in [1.54, 1.807) is 0 Å². The molecule has 2 aliphatic rings. The van der Waals surface area contributed by atoms with Gasteiger partial charge >= 0.3 is 0 Å². The normalized spacial score (nSPS) is 12.0. The molecular formula is C44H30N4Ni. The fourth-order valence-corrected chi connectivity index (χ4v) is 6.78. The van der Waals surface area contributed by atoms with Gasteiger partial charge in [0.2, 0.25) is 0 Å². The van der Waals surface area contributed by atoms with Crippen molar-refractivity contribution in [2.75, 3.05) is 0 Å². The molecule has 0 saturated carbocycles. The number of benzene rings is 4. The summed E-state index contributed by atoms with van der Waals surface area (Å²) in [5.41, 5.74) is 16.3. The van der Waals surface area contributed by atoms with Gasteiger partial charge in [-0.1, -0.05) is 121 Å². The molecule has 2 aliphatic heterocycles. The van der Waals surface area contributed by atoms with Crippen molar-refractivity contribution in [3.63, 3.8) is 0 Å². The van der Waals surface area contributed by atoms with Gasteiger partial charge in [-0.05, 0) is 70.8 Å². The second-order valence-corrected chi connectivity index (χ2v) is 12.0. The molecule has 2 N–H and O–H groups in total. The molecular weight excluding hydrogens is 643 g/mol. The molecule has 0 fully saturated rings. The van der Waals surface area contributed by atoms with Crippen molar-refractivity contribution in [1.29, 1.82) is 0 Å². The van der Waals surface area contributed by atoms with Gasteiger partial charge in [-0.15, -0.1) is 0 Å². The summed E-state index contributed by atoms with van der Waals surface area (Å²) < 4.78 is 0. The zero-order chi connectivity index (χ0) is 31.9. The van der Waals surface area contributed by atoms with Crippen LogP contribution in [0.4, 0.5) is 0 Å². The first kappa shape index (κ1) is 30.3. The van der Waals surface area contributed by atoms with Crippen LogP contribution in [-0.4, -0.2) is 19.9 Å². The number of hydrogen-bond acceptors (Lipinski definition) is 2. The van der Waals surface area contributed by atoms with E-state index in [-0.39, 0.29) is 16.5 Å². The van der Waals surface area contributed by atoms with Gasteiger partial charge in [0.1, 0.15) is 0 Å². The van der Waals surface area contributed by atoms with E-state index >= 15 is 0 Å².